The molecule has 1 amide bonds. The quantitative estimate of drug-likeness (QED) is 0.917. The van der Waals surface area contributed by atoms with Crippen molar-refractivity contribution in [1.82, 2.24) is 9.47 Å². The molecule has 1 aromatic heterocycles. The summed E-state index contributed by atoms with van der Waals surface area (Å²) >= 11 is 0. The molecule has 0 aliphatic carbocycles. The number of likely N-dealkylation sites (tertiary alicyclic amines) is 1. The second kappa shape index (κ2) is 6.11. The average Bonchev–Trinajstić information content (AvgIpc) is 2.76. The van der Waals surface area contributed by atoms with Gasteiger partial charge in [-0.25, -0.2) is 0 Å². The van der Waals surface area contributed by atoms with Crippen LogP contribution in [0.2, 0.25) is 0 Å². The lowest BCUT2D eigenvalue weighted by molar-refractivity contribution is -0.137. The smallest absolute Gasteiger partial charge is 0.303 e. The number of aromatic nitrogens is 1. The third-order valence-corrected chi connectivity index (χ3v) is 4.16. The molecule has 0 radical (unpaired) electrons. The Morgan fingerprint density at radius 1 is 1.40 bits per heavy atom. The molecule has 1 atom stereocenters. The van der Waals surface area contributed by atoms with Gasteiger partial charge in [0, 0.05) is 32.3 Å². The van der Waals surface area contributed by atoms with Crippen molar-refractivity contribution in [2.75, 3.05) is 13.1 Å². The van der Waals surface area contributed by atoms with Gasteiger partial charge in [0.2, 0.25) is 0 Å². The molecule has 20 heavy (non-hydrogen) atoms. The topological polar surface area (TPSA) is 62.5 Å². The first-order valence-electron chi connectivity index (χ1n) is 7.12. The Hall–Kier alpha value is -1.78. The van der Waals surface area contributed by atoms with E-state index in [1.165, 1.54) is 0 Å². The molecule has 1 N–H and O–H groups in total. The second-order valence-corrected chi connectivity index (χ2v) is 5.61. The maximum absolute atomic E-state index is 12.5. The number of piperidine rings is 1. The number of rotatable bonds is 4. The molecular weight excluding hydrogens is 256 g/mol. The van der Waals surface area contributed by atoms with Gasteiger partial charge in [0.15, 0.2) is 0 Å². The van der Waals surface area contributed by atoms with Crippen LogP contribution in [-0.4, -0.2) is 39.5 Å². The van der Waals surface area contributed by atoms with Crippen LogP contribution in [0.4, 0.5) is 0 Å². The number of hydrogen-bond donors (Lipinski definition) is 1. The van der Waals surface area contributed by atoms with E-state index in [-0.39, 0.29) is 12.3 Å². The van der Waals surface area contributed by atoms with Crippen molar-refractivity contribution in [2.24, 2.45) is 13.0 Å². The minimum atomic E-state index is -0.758. The fourth-order valence-electron chi connectivity index (χ4n) is 2.80. The first-order valence-corrected chi connectivity index (χ1v) is 7.12. The van der Waals surface area contributed by atoms with Crippen LogP contribution in [0.15, 0.2) is 12.1 Å². The third kappa shape index (κ3) is 3.21. The molecule has 0 spiro atoms. The monoisotopic (exact) mass is 278 g/mol. The Bertz CT molecular complexity index is 507. The van der Waals surface area contributed by atoms with Crippen molar-refractivity contribution in [3.05, 3.63) is 23.5 Å². The lowest BCUT2D eigenvalue weighted by Crippen LogP contribution is -2.40. The van der Waals surface area contributed by atoms with E-state index < -0.39 is 5.97 Å². The predicted molar refractivity (Wildman–Crippen MR) is 75.6 cm³/mol. The van der Waals surface area contributed by atoms with Crippen LogP contribution in [0.3, 0.4) is 0 Å². The molecule has 0 aromatic carbocycles. The van der Waals surface area contributed by atoms with Gasteiger partial charge >= 0.3 is 5.97 Å². The van der Waals surface area contributed by atoms with E-state index in [9.17, 15) is 9.59 Å². The van der Waals surface area contributed by atoms with Gasteiger partial charge in [-0.1, -0.05) is 0 Å². The molecule has 1 aliphatic heterocycles. The summed E-state index contributed by atoms with van der Waals surface area (Å²) < 4.78 is 1.91. The minimum Gasteiger partial charge on any atom is -0.481 e. The lowest BCUT2D eigenvalue weighted by Gasteiger charge is -2.32. The minimum absolute atomic E-state index is 0.0561. The molecule has 0 unspecified atom stereocenters. The number of carbonyl (C=O) groups is 2. The number of aryl methyl sites for hydroxylation is 1. The molecule has 5 nitrogen and oxygen atoms in total. The first kappa shape index (κ1) is 14.6. The van der Waals surface area contributed by atoms with Crippen LogP contribution < -0.4 is 0 Å². The third-order valence-electron chi connectivity index (χ3n) is 4.16. The highest BCUT2D eigenvalue weighted by Crippen LogP contribution is 2.22. The number of aliphatic carboxylic acids is 1. The average molecular weight is 278 g/mol. The van der Waals surface area contributed by atoms with Gasteiger partial charge < -0.3 is 14.6 Å². The molecule has 1 aliphatic rings. The molecule has 1 saturated heterocycles. The molecule has 1 fully saturated rings. The van der Waals surface area contributed by atoms with E-state index in [2.05, 4.69) is 0 Å². The molecule has 5 heteroatoms. The number of carboxylic acid groups (broad SMARTS) is 1. The van der Waals surface area contributed by atoms with Crippen LogP contribution in [0, 0.1) is 12.8 Å². The highest BCUT2D eigenvalue weighted by molar-refractivity contribution is 5.93. The summed E-state index contributed by atoms with van der Waals surface area (Å²) in [4.78, 5) is 25.0. The number of hydrogen-bond acceptors (Lipinski definition) is 2. The fourth-order valence-corrected chi connectivity index (χ4v) is 2.80. The van der Waals surface area contributed by atoms with Crippen molar-refractivity contribution < 1.29 is 14.7 Å². The fraction of sp³-hybridized carbons (Fsp3) is 0.600. The van der Waals surface area contributed by atoms with Gasteiger partial charge in [-0.15, -0.1) is 0 Å². The van der Waals surface area contributed by atoms with Gasteiger partial charge in [0.05, 0.1) is 0 Å². The summed E-state index contributed by atoms with van der Waals surface area (Å²) in [7, 11) is 1.90. The number of carbonyl (C=O) groups excluding carboxylic acids is 1. The molecule has 2 heterocycles. The Balaban J connectivity index is 1.99. The molecule has 0 bridgehead atoms. The van der Waals surface area contributed by atoms with Gasteiger partial charge in [-0.3, -0.25) is 9.59 Å². The summed E-state index contributed by atoms with van der Waals surface area (Å²) in [6.07, 6.45) is 2.82. The predicted octanol–water partition coefficient (Wildman–Crippen LogP) is 2.05. The van der Waals surface area contributed by atoms with E-state index in [0.29, 0.717) is 24.6 Å². The van der Waals surface area contributed by atoms with Gasteiger partial charge in [-0.05, 0) is 44.2 Å². The molecule has 1 aromatic rings. The zero-order valence-electron chi connectivity index (χ0n) is 12.1. The maximum Gasteiger partial charge on any atom is 0.303 e. The van der Waals surface area contributed by atoms with Gasteiger partial charge in [0.1, 0.15) is 5.69 Å². The summed E-state index contributed by atoms with van der Waals surface area (Å²) in [6, 6.07) is 3.80. The Labute approximate surface area is 119 Å². The number of carboxylic acids is 1. The normalized spacial score (nSPS) is 19.1. The highest BCUT2D eigenvalue weighted by atomic mass is 16.4. The lowest BCUT2D eigenvalue weighted by atomic mass is 9.93. The summed E-state index contributed by atoms with van der Waals surface area (Å²) in [6.45, 7) is 3.42. The van der Waals surface area contributed by atoms with Gasteiger partial charge in [-0.2, -0.15) is 0 Å². The van der Waals surface area contributed by atoms with E-state index >= 15 is 0 Å². The van der Waals surface area contributed by atoms with Crippen molar-refractivity contribution >= 4 is 11.9 Å². The Kier molecular flexibility index (Phi) is 4.47. The van der Waals surface area contributed by atoms with Crippen molar-refractivity contribution in [2.45, 2.75) is 32.6 Å². The van der Waals surface area contributed by atoms with E-state index in [4.69, 9.17) is 5.11 Å². The zero-order chi connectivity index (χ0) is 14.7. The van der Waals surface area contributed by atoms with Crippen molar-refractivity contribution in [3.63, 3.8) is 0 Å². The summed E-state index contributed by atoms with van der Waals surface area (Å²) in [5.74, 6) is -0.391. The van der Waals surface area contributed by atoms with Crippen LogP contribution >= 0.6 is 0 Å². The summed E-state index contributed by atoms with van der Waals surface area (Å²) in [5, 5.41) is 8.75. The van der Waals surface area contributed by atoms with Crippen LogP contribution in [0.5, 0.6) is 0 Å². The molecule has 2 rings (SSSR count). The van der Waals surface area contributed by atoms with Crippen molar-refractivity contribution in [3.8, 4) is 0 Å². The summed E-state index contributed by atoms with van der Waals surface area (Å²) in [5.41, 5.74) is 1.77. The van der Waals surface area contributed by atoms with Crippen molar-refractivity contribution in [1.29, 1.82) is 0 Å². The Morgan fingerprint density at radius 3 is 2.75 bits per heavy atom. The van der Waals surface area contributed by atoms with E-state index in [1.807, 2.05) is 35.6 Å². The highest BCUT2D eigenvalue weighted by Gasteiger charge is 2.26. The number of nitrogens with zero attached hydrogens (tertiary/aromatic N) is 2. The maximum atomic E-state index is 12.5. The Morgan fingerprint density at radius 2 is 2.15 bits per heavy atom. The largest absolute Gasteiger partial charge is 0.481 e. The SMILES string of the molecule is Cc1ccc(C(=O)N2CCC[C@@H](CCC(=O)O)C2)n1C. The zero-order valence-corrected chi connectivity index (χ0v) is 12.1. The van der Waals surface area contributed by atoms with Crippen LogP contribution in [0.25, 0.3) is 0 Å². The molecule has 0 saturated carbocycles. The standard InChI is InChI=1S/C15H22N2O3/c1-11-5-7-13(16(11)2)15(20)17-9-3-4-12(10-17)6-8-14(18)19/h5,7,12H,3-4,6,8-10H2,1-2H3,(H,18,19)/t12-/m0/s1. The first-order chi connectivity index (χ1) is 9.49. The second-order valence-electron chi connectivity index (χ2n) is 5.61. The van der Waals surface area contributed by atoms with E-state index in [1.54, 1.807) is 0 Å². The molecule has 110 valence electrons. The number of amides is 1. The van der Waals surface area contributed by atoms with Crippen LogP contribution in [0.1, 0.15) is 41.9 Å². The van der Waals surface area contributed by atoms with Gasteiger partial charge in [0.25, 0.3) is 5.91 Å². The van der Waals surface area contributed by atoms with Crippen LogP contribution in [-0.2, 0) is 11.8 Å². The van der Waals surface area contributed by atoms with E-state index in [0.717, 1.165) is 25.1 Å². The molecular formula is C15H22N2O3.